The normalized spacial score (nSPS) is 17.1. The van der Waals surface area contributed by atoms with E-state index in [2.05, 4.69) is 25.3 Å². The average molecular weight is 414 g/mol. The summed E-state index contributed by atoms with van der Waals surface area (Å²) in [4.78, 5) is 16.1. The standard InChI is InChI=1S/C21H21F3N6/c1-12-10-30-11-14(6-17(22)19(30)28-12)15-8-25-18-16(15)9-27-20(29-18)26-7-13-2-4-21(23,24)5-3-13/h6,8-11,13H,2-5,7H2,1H3,(H2,25,26,27,29). The Labute approximate surface area is 170 Å². The maximum atomic E-state index is 14.5. The van der Waals surface area contributed by atoms with Crippen molar-refractivity contribution in [1.82, 2.24) is 24.3 Å². The number of rotatable bonds is 4. The molecule has 1 aliphatic carbocycles. The van der Waals surface area contributed by atoms with Crippen molar-refractivity contribution in [3.8, 4) is 11.1 Å². The Morgan fingerprint density at radius 1 is 1.23 bits per heavy atom. The molecule has 0 saturated heterocycles. The van der Waals surface area contributed by atoms with E-state index in [1.807, 2.05) is 13.1 Å². The number of halogens is 3. The first-order valence-electron chi connectivity index (χ1n) is 9.99. The lowest BCUT2D eigenvalue weighted by molar-refractivity contribution is -0.0443. The molecule has 1 saturated carbocycles. The SMILES string of the molecule is Cc1cn2cc(-c3c[nH]c4nc(NCC5CCC(F)(F)CC5)ncc34)cc(F)c2n1. The molecular formula is C21H21F3N6. The van der Waals surface area contributed by atoms with Gasteiger partial charge in [-0.05, 0) is 31.7 Å². The summed E-state index contributed by atoms with van der Waals surface area (Å²) in [6, 6.07) is 1.45. The molecular weight excluding hydrogens is 393 g/mol. The lowest BCUT2D eigenvalue weighted by Gasteiger charge is -2.28. The Kier molecular flexibility index (Phi) is 4.41. The van der Waals surface area contributed by atoms with E-state index < -0.39 is 11.7 Å². The van der Waals surface area contributed by atoms with E-state index >= 15 is 0 Å². The first-order chi connectivity index (χ1) is 14.4. The van der Waals surface area contributed by atoms with Gasteiger partial charge in [-0.25, -0.2) is 23.1 Å². The molecule has 0 spiro atoms. The summed E-state index contributed by atoms with van der Waals surface area (Å²) in [6.45, 7) is 2.38. The largest absolute Gasteiger partial charge is 0.354 e. The van der Waals surface area contributed by atoms with Gasteiger partial charge < -0.3 is 14.7 Å². The number of aromatic amines is 1. The zero-order valence-corrected chi connectivity index (χ0v) is 16.4. The minimum atomic E-state index is -2.52. The van der Waals surface area contributed by atoms with Gasteiger partial charge in [0, 0.05) is 60.7 Å². The van der Waals surface area contributed by atoms with Gasteiger partial charge in [0.1, 0.15) is 5.65 Å². The number of nitrogens with one attached hydrogen (secondary N) is 2. The number of nitrogens with zero attached hydrogens (tertiary/aromatic N) is 4. The number of H-pyrrole nitrogens is 1. The Bertz CT molecular complexity index is 1220. The van der Waals surface area contributed by atoms with Crippen LogP contribution in [-0.4, -0.2) is 36.8 Å². The molecule has 6 nitrogen and oxygen atoms in total. The predicted molar refractivity (Wildman–Crippen MR) is 108 cm³/mol. The summed E-state index contributed by atoms with van der Waals surface area (Å²) in [5.74, 6) is -2.28. The van der Waals surface area contributed by atoms with E-state index in [4.69, 9.17) is 0 Å². The van der Waals surface area contributed by atoms with Gasteiger partial charge in [-0.2, -0.15) is 4.98 Å². The molecule has 2 N–H and O–H groups in total. The molecule has 0 bridgehead atoms. The van der Waals surface area contributed by atoms with Gasteiger partial charge >= 0.3 is 0 Å². The van der Waals surface area contributed by atoms with Crippen LogP contribution < -0.4 is 5.32 Å². The Hall–Kier alpha value is -3.10. The van der Waals surface area contributed by atoms with E-state index in [1.54, 1.807) is 23.0 Å². The third-order valence-corrected chi connectivity index (χ3v) is 5.76. The fourth-order valence-corrected chi connectivity index (χ4v) is 4.10. The molecule has 4 aromatic rings. The summed E-state index contributed by atoms with van der Waals surface area (Å²) < 4.78 is 42.7. The number of alkyl halides is 2. The molecule has 9 heteroatoms. The minimum absolute atomic E-state index is 0.0590. The monoisotopic (exact) mass is 414 g/mol. The van der Waals surface area contributed by atoms with Gasteiger partial charge in [-0.3, -0.25) is 0 Å². The summed E-state index contributed by atoms with van der Waals surface area (Å²) in [5, 5.41) is 3.93. The van der Waals surface area contributed by atoms with Crippen LogP contribution >= 0.6 is 0 Å². The predicted octanol–water partition coefficient (Wildman–Crippen LogP) is 4.96. The molecule has 0 aromatic carbocycles. The van der Waals surface area contributed by atoms with Gasteiger partial charge in [0.05, 0.1) is 5.69 Å². The summed E-state index contributed by atoms with van der Waals surface area (Å²) in [7, 11) is 0. The smallest absolute Gasteiger partial charge is 0.248 e. The molecule has 156 valence electrons. The van der Waals surface area contributed by atoms with Crippen molar-refractivity contribution in [3.05, 3.63) is 42.4 Å². The van der Waals surface area contributed by atoms with E-state index in [-0.39, 0.29) is 18.8 Å². The van der Waals surface area contributed by atoms with Crippen molar-refractivity contribution in [1.29, 1.82) is 0 Å². The van der Waals surface area contributed by atoms with Gasteiger partial charge in [-0.1, -0.05) is 0 Å². The van der Waals surface area contributed by atoms with Crippen LogP contribution in [0.25, 0.3) is 27.8 Å². The highest BCUT2D eigenvalue weighted by molar-refractivity contribution is 5.93. The first-order valence-corrected chi connectivity index (χ1v) is 9.99. The number of hydrogen-bond acceptors (Lipinski definition) is 4. The van der Waals surface area contributed by atoms with Gasteiger partial charge in [0.15, 0.2) is 11.5 Å². The van der Waals surface area contributed by atoms with Gasteiger partial charge in [0.2, 0.25) is 11.9 Å². The topological polar surface area (TPSA) is 70.9 Å². The fraction of sp³-hybridized carbons (Fsp3) is 0.381. The number of anilines is 1. The molecule has 5 rings (SSSR count). The lowest BCUT2D eigenvalue weighted by atomic mass is 9.87. The number of imidazole rings is 1. The Balaban J connectivity index is 1.37. The molecule has 1 fully saturated rings. The highest BCUT2D eigenvalue weighted by Crippen LogP contribution is 2.36. The first kappa shape index (κ1) is 18.9. The fourth-order valence-electron chi connectivity index (χ4n) is 4.10. The van der Waals surface area contributed by atoms with E-state index in [1.165, 1.54) is 6.07 Å². The van der Waals surface area contributed by atoms with Crippen LogP contribution in [0.3, 0.4) is 0 Å². The van der Waals surface area contributed by atoms with Crippen molar-refractivity contribution in [2.45, 2.75) is 38.5 Å². The number of hydrogen-bond donors (Lipinski definition) is 2. The van der Waals surface area contributed by atoms with Crippen LogP contribution in [-0.2, 0) is 0 Å². The molecule has 0 aliphatic heterocycles. The maximum absolute atomic E-state index is 14.5. The molecule has 0 amide bonds. The second-order valence-corrected chi connectivity index (χ2v) is 8.03. The van der Waals surface area contributed by atoms with E-state index in [0.29, 0.717) is 42.2 Å². The number of aromatic nitrogens is 5. The zero-order valence-electron chi connectivity index (χ0n) is 16.4. The molecule has 0 radical (unpaired) electrons. The van der Waals surface area contributed by atoms with Crippen LogP contribution in [0.4, 0.5) is 19.1 Å². The van der Waals surface area contributed by atoms with Crippen LogP contribution in [0.2, 0.25) is 0 Å². The number of aryl methyl sites for hydroxylation is 1. The molecule has 4 aromatic heterocycles. The molecule has 4 heterocycles. The molecule has 0 unspecified atom stereocenters. The molecule has 1 aliphatic rings. The highest BCUT2D eigenvalue weighted by Gasteiger charge is 2.34. The zero-order chi connectivity index (χ0) is 20.9. The van der Waals surface area contributed by atoms with Crippen LogP contribution in [0, 0.1) is 18.7 Å². The van der Waals surface area contributed by atoms with Crippen molar-refractivity contribution >= 4 is 22.6 Å². The van der Waals surface area contributed by atoms with Crippen molar-refractivity contribution in [3.63, 3.8) is 0 Å². The second kappa shape index (κ2) is 7.00. The molecule has 0 atom stereocenters. The summed E-state index contributed by atoms with van der Waals surface area (Å²) in [5.41, 5.74) is 3.14. The second-order valence-electron chi connectivity index (χ2n) is 8.03. The van der Waals surface area contributed by atoms with E-state index in [9.17, 15) is 13.2 Å². The van der Waals surface area contributed by atoms with Gasteiger partial charge in [0.25, 0.3) is 0 Å². The van der Waals surface area contributed by atoms with Gasteiger partial charge in [-0.15, -0.1) is 0 Å². The lowest BCUT2D eigenvalue weighted by Crippen LogP contribution is -2.28. The Morgan fingerprint density at radius 2 is 2.03 bits per heavy atom. The van der Waals surface area contributed by atoms with Crippen molar-refractivity contribution < 1.29 is 13.2 Å². The van der Waals surface area contributed by atoms with Crippen LogP contribution in [0.5, 0.6) is 0 Å². The van der Waals surface area contributed by atoms with E-state index in [0.717, 1.165) is 16.6 Å². The summed E-state index contributed by atoms with van der Waals surface area (Å²) >= 11 is 0. The molecule has 30 heavy (non-hydrogen) atoms. The number of fused-ring (bicyclic) bond motifs is 2. The van der Waals surface area contributed by atoms with Crippen molar-refractivity contribution in [2.24, 2.45) is 5.92 Å². The van der Waals surface area contributed by atoms with Crippen molar-refractivity contribution in [2.75, 3.05) is 11.9 Å². The quantitative estimate of drug-likeness (QED) is 0.495. The third kappa shape index (κ3) is 3.48. The number of pyridine rings is 1. The average Bonchev–Trinajstić information content (AvgIpc) is 3.29. The third-order valence-electron chi connectivity index (χ3n) is 5.76. The maximum Gasteiger partial charge on any atom is 0.248 e. The minimum Gasteiger partial charge on any atom is -0.354 e. The highest BCUT2D eigenvalue weighted by atomic mass is 19.3. The van der Waals surface area contributed by atoms with Crippen LogP contribution in [0.15, 0.2) is 30.9 Å². The Morgan fingerprint density at radius 3 is 2.83 bits per heavy atom. The van der Waals surface area contributed by atoms with Crippen LogP contribution in [0.1, 0.15) is 31.4 Å². The summed E-state index contributed by atoms with van der Waals surface area (Å²) in [6.07, 6.45) is 7.94.